The molecule has 3 nitrogen and oxygen atoms in total. The largest absolute Gasteiger partial charge is 0.300 e. The summed E-state index contributed by atoms with van der Waals surface area (Å²) in [5, 5.41) is 0. The monoisotopic (exact) mass is 292 g/mol. The molecule has 0 saturated carbocycles. The van der Waals surface area contributed by atoms with Crippen molar-refractivity contribution < 1.29 is 9.18 Å². The molecule has 21 heavy (non-hydrogen) atoms. The minimum absolute atomic E-state index is 0.0100. The van der Waals surface area contributed by atoms with Gasteiger partial charge in [0.15, 0.2) is 5.78 Å². The zero-order chi connectivity index (χ0) is 15.2. The fourth-order valence-electron chi connectivity index (χ4n) is 3.17. The molecular formula is C17H25FN2O. The molecule has 0 N–H and O–H groups in total. The molecule has 1 aliphatic rings. The van der Waals surface area contributed by atoms with Gasteiger partial charge in [-0.15, -0.1) is 0 Å². The molecule has 2 heterocycles. The van der Waals surface area contributed by atoms with Gasteiger partial charge in [0.25, 0.3) is 0 Å². The summed E-state index contributed by atoms with van der Waals surface area (Å²) in [6.07, 6.45) is 7.25. The van der Waals surface area contributed by atoms with Crippen molar-refractivity contribution in [1.29, 1.82) is 0 Å². The van der Waals surface area contributed by atoms with Gasteiger partial charge in [-0.2, -0.15) is 0 Å². The van der Waals surface area contributed by atoms with Crippen molar-refractivity contribution in [3.63, 3.8) is 0 Å². The lowest BCUT2D eigenvalue weighted by Crippen LogP contribution is -2.43. The quantitative estimate of drug-likeness (QED) is 0.750. The van der Waals surface area contributed by atoms with Crippen LogP contribution in [0.5, 0.6) is 0 Å². The summed E-state index contributed by atoms with van der Waals surface area (Å²) in [5.41, 5.74) is 0.368. The van der Waals surface area contributed by atoms with Crippen LogP contribution in [0, 0.1) is 11.7 Å². The Morgan fingerprint density at radius 2 is 2.29 bits per heavy atom. The Kier molecular flexibility index (Phi) is 5.85. The number of ketones is 1. The van der Waals surface area contributed by atoms with Crippen LogP contribution in [0.1, 0.15) is 56.4 Å². The average Bonchev–Trinajstić information content (AvgIpc) is 2.49. The molecule has 116 valence electrons. The molecule has 1 fully saturated rings. The summed E-state index contributed by atoms with van der Waals surface area (Å²) in [4.78, 5) is 18.7. The Bertz CT molecular complexity index is 458. The Hall–Kier alpha value is -1.29. The number of Topliss-reactive ketones (excluding diaryl/α,β-unsaturated/α-hetero) is 1. The van der Waals surface area contributed by atoms with Crippen molar-refractivity contribution in [2.75, 3.05) is 13.1 Å². The highest BCUT2D eigenvalue weighted by Gasteiger charge is 2.26. The van der Waals surface area contributed by atoms with Crippen LogP contribution in [0.3, 0.4) is 0 Å². The van der Waals surface area contributed by atoms with E-state index in [0.717, 1.165) is 19.3 Å². The lowest BCUT2D eigenvalue weighted by atomic mass is 9.95. The summed E-state index contributed by atoms with van der Waals surface area (Å²) >= 11 is 0. The van der Waals surface area contributed by atoms with Crippen LogP contribution in [-0.4, -0.2) is 34.8 Å². The van der Waals surface area contributed by atoms with Crippen LogP contribution >= 0.6 is 0 Å². The third-order valence-corrected chi connectivity index (χ3v) is 4.31. The number of carbonyl (C=O) groups is 1. The van der Waals surface area contributed by atoms with Gasteiger partial charge in [0.2, 0.25) is 0 Å². The van der Waals surface area contributed by atoms with Gasteiger partial charge >= 0.3 is 0 Å². The SMILES string of the molecule is CCCC1CCCCN1CC(C)C(=O)c1ccc(F)cn1. The third-order valence-electron chi connectivity index (χ3n) is 4.31. The van der Waals surface area contributed by atoms with Gasteiger partial charge < -0.3 is 0 Å². The number of hydrogen-bond donors (Lipinski definition) is 0. The number of likely N-dealkylation sites (tertiary alicyclic amines) is 1. The van der Waals surface area contributed by atoms with E-state index in [0.29, 0.717) is 11.7 Å². The summed E-state index contributed by atoms with van der Waals surface area (Å²) < 4.78 is 12.9. The molecule has 1 saturated heterocycles. The number of halogens is 1. The fraction of sp³-hybridized carbons (Fsp3) is 0.647. The van der Waals surface area contributed by atoms with E-state index in [1.54, 1.807) is 0 Å². The predicted molar refractivity (Wildman–Crippen MR) is 81.8 cm³/mol. The number of aromatic nitrogens is 1. The lowest BCUT2D eigenvalue weighted by Gasteiger charge is -2.37. The molecule has 0 aromatic carbocycles. The van der Waals surface area contributed by atoms with Crippen molar-refractivity contribution in [3.05, 3.63) is 29.8 Å². The van der Waals surface area contributed by atoms with Crippen LogP contribution in [0.15, 0.2) is 18.3 Å². The van der Waals surface area contributed by atoms with Gasteiger partial charge in [-0.1, -0.05) is 26.7 Å². The van der Waals surface area contributed by atoms with E-state index in [9.17, 15) is 9.18 Å². The van der Waals surface area contributed by atoms with Crippen molar-refractivity contribution in [2.45, 2.75) is 52.0 Å². The van der Waals surface area contributed by atoms with Gasteiger partial charge in [-0.05, 0) is 37.9 Å². The van der Waals surface area contributed by atoms with E-state index < -0.39 is 5.82 Å². The molecule has 2 rings (SSSR count). The van der Waals surface area contributed by atoms with E-state index >= 15 is 0 Å². The Morgan fingerprint density at radius 1 is 1.48 bits per heavy atom. The highest BCUT2D eigenvalue weighted by Crippen LogP contribution is 2.22. The number of pyridine rings is 1. The minimum atomic E-state index is -0.404. The van der Waals surface area contributed by atoms with Gasteiger partial charge in [0.05, 0.1) is 6.20 Å². The van der Waals surface area contributed by atoms with Crippen LogP contribution in [0.4, 0.5) is 4.39 Å². The maximum Gasteiger partial charge on any atom is 0.185 e. The number of hydrogen-bond acceptors (Lipinski definition) is 3. The second-order valence-electron chi connectivity index (χ2n) is 6.06. The molecule has 4 heteroatoms. The molecule has 1 aromatic heterocycles. The first kappa shape index (κ1) is 16.1. The molecule has 0 amide bonds. The molecular weight excluding hydrogens is 267 g/mol. The maximum atomic E-state index is 12.9. The van der Waals surface area contributed by atoms with Crippen LogP contribution < -0.4 is 0 Å². The number of carbonyl (C=O) groups excluding carboxylic acids is 1. The highest BCUT2D eigenvalue weighted by atomic mass is 19.1. The molecule has 2 atom stereocenters. The minimum Gasteiger partial charge on any atom is -0.300 e. The average molecular weight is 292 g/mol. The normalized spacial score (nSPS) is 21.2. The third kappa shape index (κ3) is 4.34. The second-order valence-corrected chi connectivity index (χ2v) is 6.06. The first-order valence-electron chi connectivity index (χ1n) is 8.01. The molecule has 0 aliphatic carbocycles. The van der Waals surface area contributed by atoms with Crippen LogP contribution in [0.2, 0.25) is 0 Å². The van der Waals surface area contributed by atoms with Crippen molar-refractivity contribution >= 4 is 5.78 Å². The summed E-state index contributed by atoms with van der Waals surface area (Å²) in [6, 6.07) is 3.39. The summed E-state index contributed by atoms with van der Waals surface area (Å²) in [6.45, 7) is 6.02. The zero-order valence-electron chi connectivity index (χ0n) is 13.0. The topological polar surface area (TPSA) is 33.2 Å². The summed E-state index contributed by atoms with van der Waals surface area (Å²) in [5.74, 6) is -0.491. The maximum absolute atomic E-state index is 12.9. The smallest absolute Gasteiger partial charge is 0.185 e. The van der Waals surface area contributed by atoms with Gasteiger partial charge in [0.1, 0.15) is 11.5 Å². The first-order valence-corrected chi connectivity index (χ1v) is 8.01. The van der Waals surface area contributed by atoms with Crippen molar-refractivity contribution in [1.82, 2.24) is 9.88 Å². The van der Waals surface area contributed by atoms with Crippen LogP contribution in [-0.2, 0) is 0 Å². The summed E-state index contributed by atoms with van der Waals surface area (Å²) in [7, 11) is 0. The fourth-order valence-corrected chi connectivity index (χ4v) is 3.17. The van der Waals surface area contributed by atoms with Crippen molar-refractivity contribution in [3.8, 4) is 0 Å². The zero-order valence-corrected chi connectivity index (χ0v) is 13.0. The van der Waals surface area contributed by atoms with E-state index in [4.69, 9.17) is 0 Å². The molecule has 1 aliphatic heterocycles. The number of piperidine rings is 1. The Balaban J connectivity index is 1.97. The molecule has 2 unspecified atom stereocenters. The predicted octanol–water partition coefficient (Wildman–Crippen LogP) is 3.69. The van der Waals surface area contributed by atoms with Gasteiger partial charge in [0, 0.05) is 18.5 Å². The lowest BCUT2D eigenvalue weighted by molar-refractivity contribution is 0.0809. The number of rotatable bonds is 6. The standard InChI is InChI=1S/C17H25FN2O/c1-3-6-15-7-4-5-10-20(15)12-13(2)17(21)16-9-8-14(18)11-19-16/h8-9,11,13,15H,3-7,10,12H2,1-2H3. The molecule has 0 bridgehead atoms. The van der Waals surface area contributed by atoms with Gasteiger partial charge in [-0.3, -0.25) is 14.7 Å². The van der Waals surface area contributed by atoms with Gasteiger partial charge in [-0.25, -0.2) is 4.39 Å². The second kappa shape index (κ2) is 7.64. The molecule has 0 spiro atoms. The Labute approximate surface area is 126 Å². The van der Waals surface area contributed by atoms with E-state index in [1.165, 1.54) is 44.2 Å². The first-order chi connectivity index (χ1) is 10.1. The van der Waals surface area contributed by atoms with E-state index in [1.807, 2.05) is 6.92 Å². The highest BCUT2D eigenvalue weighted by molar-refractivity contribution is 5.95. The van der Waals surface area contributed by atoms with E-state index in [-0.39, 0.29) is 11.7 Å². The van der Waals surface area contributed by atoms with E-state index in [2.05, 4.69) is 16.8 Å². The number of nitrogens with zero attached hydrogens (tertiary/aromatic N) is 2. The van der Waals surface area contributed by atoms with Crippen LogP contribution in [0.25, 0.3) is 0 Å². The Morgan fingerprint density at radius 3 is 2.95 bits per heavy atom. The molecule has 0 radical (unpaired) electrons. The van der Waals surface area contributed by atoms with Crippen molar-refractivity contribution in [2.24, 2.45) is 5.92 Å². The molecule has 1 aromatic rings.